The van der Waals surface area contributed by atoms with Crippen LogP contribution in [0.1, 0.15) is 30.5 Å². The van der Waals surface area contributed by atoms with E-state index >= 15 is 0 Å². The normalized spacial score (nSPS) is 16.2. The molecular weight excluding hydrogens is 306 g/mol. The van der Waals surface area contributed by atoms with E-state index < -0.39 is 0 Å². The van der Waals surface area contributed by atoms with Gasteiger partial charge >= 0.3 is 0 Å². The van der Waals surface area contributed by atoms with Gasteiger partial charge in [0.2, 0.25) is 0 Å². The van der Waals surface area contributed by atoms with E-state index in [9.17, 15) is 0 Å². The molecule has 3 nitrogen and oxygen atoms in total. The highest BCUT2D eigenvalue weighted by atomic mass is 35.5. The fraction of sp³-hybridized carbons (Fsp3) is 0.263. The Morgan fingerprint density at radius 1 is 1.00 bits per heavy atom. The highest BCUT2D eigenvalue weighted by Gasteiger charge is 2.38. The average Bonchev–Trinajstić information content (AvgIpc) is 2.55. The molecule has 1 aliphatic carbocycles. The van der Waals surface area contributed by atoms with Gasteiger partial charge in [-0.3, -0.25) is 4.98 Å². The fourth-order valence-electron chi connectivity index (χ4n) is 3.21. The summed E-state index contributed by atoms with van der Waals surface area (Å²) < 4.78 is 0. The molecule has 4 rings (SSSR count). The summed E-state index contributed by atoms with van der Waals surface area (Å²) in [6.45, 7) is 0.723. The van der Waals surface area contributed by atoms with Gasteiger partial charge < -0.3 is 5.32 Å². The van der Waals surface area contributed by atoms with Gasteiger partial charge in [-0.05, 0) is 49.1 Å². The minimum atomic E-state index is 0.0535. The maximum atomic E-state index is 6.01. The number of para-hydroxylation sites is 2. The number of rotatable bonds is 4. The molecule has 1 aliphatic rings. The number of nitrogens with zero attached hydrogens (tertiary/aromatic N) is 2. The maximum absolute atomic E-state index is 6.01. The van der Waals surface area contributed by atoms with E-state index in [0.29, 0.717) is 0 Å². The smallest absolute Gasteiger partial charge is 0.0890 e. The first-order chi connectivity index (χ1) is 11.3. The molecule has 0 atom stereocenters. The maximum Gasteiger partial charge on any atom is 0.0890 e. The molecule has 0 bridgehead atoms. The lowest BCUT2D eigenvalue weighted by molar-refractivity contribution is 0.183. The first-order valence-corrected chi connectivity index (χ1v) is 8.35. The first-order valence-electron chi connectivity index (χ1n) is 7.97. The summed E-state index contributed by atoms with van der Waals surface area (Å²) >= 11 is 6.01. The fourth-order valence-corrected chi connectivity index (χ4v) is 3.33. The number of fused-ring (bicyclic) bond motifs is 1. The van der Waals surface area contributed by atoms with E-state index in [0.717, 1.165) is 41.1 Å². The third-order valence-corrected chi connectivity index (χ3v) is 4.96. The van der Waals surface area contributed by atoms with Crippen molar-refractivity contribution in [2.45, 2.75) is 31.3 Å². The van der Waals surface area contributed by atoms with Crippen LogP contribution in [-0.4, -0.2) is 9.97 Å². The zero-order valence-corrected chi connectivity index (χ0v) is 13.6. The molecule has 1 N–H and O–H groups in total. The van der Waals surface area contributed by atoms with E-state index in [-0.39, 0.29) is 5.54 Å². The number of halogens is 1. The largest absolute Gasteiger partial charge is 0.302 e. The van der Waals surface area contributed by atoms with Crippen LogP contribution in [0.3, 0.4) is 0 Å². The Bertz CT molecular complexity index is 825. The summed E-state index contributed by atoms with van der Waals surface area (Å²) in [7, 11) is 0. The lowest BCUT2D eigenvalue weighted by atomic mass is 9.72. The van der Waals surface area contributed by atoms with Crippen LogP contribution in [0.4, 0.5) is 0 Å². The van der Waals surface area contributed by atoms with Crippen LogP contribution in [0.15, 0.2) is 54.7 Å². The molecule has 3 aromatic rings. The van der Waals surface area contributed by atoms with E-state index in [4.69, 9.17) is 16.6 Å². The van der Waals surface area contributed by atoms with Crippen LogP contribution in [0.25, 0.3) is 11.0 Å². The quantitative estimate of drug-likeness (QED) is 0.770. The van der Waals surface area contributed by atoms with Crippen molar-refractivity contribution in [3.05, 3.63) is 71.0 Å². The van der Waals surface area contributed by atoms with Crippen molar-refractivity contribution in [3.8, 4) is 0 Å². The predicted molar refractivity (Wildman–Crippen MR) is 93.4 cm³/mol. The van der Waals surface area contributed by atoms with Crippen molar-refractivity contribution in [1.29, 1.82) is 0 Å². The van der Waals surface area contributed by atoms with E-state index in [1.807, 2.05) is 42.6 Å². The second kappa shape index (κ2) is 5.91. The molecule has 1 heterocycles. The van der Waals surface area contributed by atoms with Crippen LogP contribution >= 0.6 is 11.6 Å². The average molecular weight is 324 g/mol. The number of hydrogen-bond acceptors (Lipinski definition) is 3. The molecule has 0 aliphatic heterocycles. The van der Waals surface area contributed by atoms with Gasteiger partial charge in [-0.1, -0.05) is 35.9 Å². The monoisotopic (exact) mass is 323 g/mol. The molecule has 0 unspecified atom stereocenters. The molecule has 116 valence electrons. The molecule has 0 amide bonds. The summed E-state index contributed by atoms with van der Waals surface area (Å²) in [6.07, 6.45) is 5.41. The van der Waals surface area contributed by atoms with Crippen molar-refractivity contribution in [1.82, 2.24) is 15.3 Å². The Kier molecular flexibility index (Phi) is 3.76. The van der Waals surface area contributed by atoms with Gasteiger partial charge in [0.05, 0.1) is 22.9 Å². The third-order valence-electron chi connectivity index (χ3n) is 4.71. The van der Waals surface area contributed by atoms with Crippen molar-refractivity contribution < 1.29 is 0 Å². The van der Waals surface area contributed by atoms with Gasteiger partial charge in [0, 0.05) is 17.1 Å². The molecular formula is C19H18ClN3. The SMILES string of the molecule is Clc1ccc(C2(NCc3cnc4ccccc4n3)CCC2)cc1. The second-order valence-electron chi connectivity index (χ2n) is 6.15. The van der Waals surface area contributed by atoms with E-state index in [1.54, 1.807) is 0 Å². The number of hydrogen-bond donors (Lipinski definition) is 1. The molecule has 2 aromatic carbocycles. The molecule has 0 spiro atoms. The van der Waals surface area contributed by atoms with Crippen molar-refractivity contribution in [2.75, 3.05) is 0 Å². The van der Waals surface area contributed by atoms with Crippen molar-refractivity contribution >= 4 is 22.6 Å². The van der Waals surface area contributed by atoms with Gasteiger partial charge in [0.15, 0.2) is 0 Å². The molecule has 1 aromatic heterocycles. The highest BCUT2D eigenvalue weighted by Crippen LogP contribution is 2.41. The summed E-state index contributed by atoms with van der Waals surface area (Å²) in [6, 6.07) is 16.2. The second-order valence-corrected chi connectivity index (χ2v) is 6.58. The lowest BCUT2D eigenvalue weighted by Crippen LogP contribution is -2.47. The van der Waals surface area contributed by atoms with Gasteiger partial charge in [-0.2, -0.15) is 0 Å². The van der Waals surface area contributed by atoms with Crippen LogP contribution in [-0.2, 0) is 12.1 Å². The zero-order valence-electron chi connectivity index (χ0n) is 12.8. The Labute approximate surface area is 140 Å². The Morgan fingerprint density at radius 3 is 2.43 bits per heavy atom. The standard InChI is InChI=1S/C19H18ClN3/c20-15-8-6-14(7-9-15)19(10-3-11-19)22-13-16-12-21-17-4-1-2-5-18(17)23-16/h1-2,4-9,12,22H,3,10-11,13H2. The summed E-state index contributed by atoms with van der Waals surface area (Å²) in [5.41, 5.74) is 4.22. The van der Waals surface area contributed by atoms with Crippen molar-refractivity contribution in [3.63, 3.8) is 0 Å². The molecule has 1 fully saturated rings. The Hall–Kier alpha value is -1.97. The summed E-state index contributed by atoms with van der Waals surface area (Å²) in [5.74, 6) is 0. The van der Waals surface area contributed by atoms with Gasteiger partial charge in [-0.25, -0.2) is 4.98 Å². The summed E-state index contributed by atoms with van der Waals surface area (Å²) in [4.78, 5) is 9.19. The van der Waals surface area contributed by atoms with Crippen molar-refractivity contribution in [2.24, 2.45) is 0 Å². The highest BCUT2D eigenvalue weighted by molar-refractivity contribution is 6.30. The van der Waals surface area contributed by atoms with Crippen LogP contribution < -0.4 is 5.32 Å². The topological polar surface area (TPSA) is 37.8 Å². The third kappa shape index (κ3) is 2.82. The molecule has 1 saturated carbocycles. The Balaban J connectivity index is 1.55. The first kappa shape index (κ1) is 14.6. The molecule has 0 radical (unpaired) electrons. The number of nitrogens with one attached hydrogen (secondary N) is 1. The Morgan fingerprint density at radius 2 is 1.74 bits per heavy atom. The van der Waals surface area contributed by atoms with Crippen LogP contribution in [0, 0.1) is 0 Å². The van der Waals surface area contributed by atoms with Crippen LogP contribution in [0.2, 0.25) is 5.02 Å². The van der Waals surface area contributed by atoms with E-state index in [2.05, 4.69) is 22.4 Å². The minimum absolute atomic E-state index is 0.0535. The predicted octanol–water partition coefficient (Wildman–Crippen LogP) is 4.45. The zero-order chi connectivity index (χ0) is 15.7. The van der Waals surface area contributed by atoms with Gasteiger partial charge in [-0.15, -0.1) is 0 Å². The number of benzene rings is 2. The molecule has 23 heavy (non-hydrogen) atoms. The van der Waals surface area contributed by atoms with E-state index in [1.165, 1.54) is 12.0 Å². The molecule has 4 heteroatoms. The van der Waals surface area contributed by atoms with Gasteiger partial charge in [0.1, 0.15) is 0 Å². The van der Waals surface area contributed by atoms with Crippen LogP contribution in [0.5, 0.6) is 0 Å². The minimum Gasteiger partial charge on any atom is -0.302 e. The van der Waals surface area contributed by atoms with Gasteiger partial charge in [0.25, 0.3) is 0 Å². The molecule has 0 saturated heterocycles. The number of aromatic nitrogens is 2. The lowest BCUT2D eigenvalue weighted by Gasteiger charge is -2.43. The summed E-state index contributed by atoms with van der Waals surface area (Å²) in [5, 5.41) is 4.48.